The zero-order chi connectivity index (χ0) is 24.9. The lowest BCUT2D eigenvalue weighted by atomic mass is 9.99. The second kappa shape index (κ2) is 10.7. The summed E-state index contributed by atoms with van der Waals surface area (Å²) in [6, 6.07) is 17.5. The van der Waals surface area contributed by atoms with Crippen LogP contribution < -0.4 is 15.5 Å². The Morgan fingerprint density at radius 2 is 1.68 bits per heavy atom. The van der Waals surface area contributed by atoms with E-state index in [1.165, 1.54) is 16.2 Å². The summed E-state index contributed by atoms with van der Waals surface area (Å²) >= 11 is 1.30. The van der Waals surface area contributed by atoms with E-state index in [-0.39, 0.29) is 24.3 Å². The Kier molecular flexibility index (Phi) is 7.89. The molecule has 3 aromatic rings. The van der Waals surface area contributed by atoms with Crippen LogP contribution in [-0.2, 0) is 9.59 Å². The van der Waals surface area contributed by atoms with Crippen LogP contribution in [0.25, 0.3) is 0 Å². The number of nitrogens with one attached hydrogen (secondary N) is 2. The molecule has 6 nitrogen and oxygen atoms in total. The van der Waals surface area contributed by atoms with Gasteiger partial charge in [0.2, 0.25) is 11.8 Å². The average Bonchev–Trinajstić information content (AvgIpc) is 3.30. The van der Waals surface area contributed by atoms with Gasteiger partial charge < -0.3 is 10.6 Å². The lowest BCUT2D eigenvalue weighted by Gasteiger charge is -2.34. The molecule has 0 fully saturated rings. The molecule has 2 aromatic carbocycles. The Bertz CT molecular complexity index is 1150. The molecule has 0 saturated heterocycles. The third-order valence-electron chi connectivity index (χ3n) is 5.15. The van der Waals surface area contributed by atoms with E-state index in [4.69, 9.17) is 0 Å². The quantitative estimate of drug-likeness (QED) is 0.514. The van der Waals surface area contributed by atoms with Gasteiger partial charge in [0.25, 0.3) is 5.91 Å². The first-order valence-electron chi connectivity index (χ1n) is 11.1. The number of rotatable bonds is 7. The zero-order valence-electron chi connectivity index (χ0n) is 20.2. The van der Waals surface area contributed by atoms with Crippen molar-refractivity contribution >= 4 is 34.7 Å². The van der Waals surface area contributed by atoms with E-state index in [9.17, 15) is 14.4 Å². The van der Waals surface area contributed by atoms with Crippen LogP contribution in [0.4, 0.5) is 5.69 Å². The summed E-state index contributed by atoms with van der Waals surface area (Å²) in [6.07, 6.45) is 0. The molecular weight excluding hydrogens is 446 g/mol. The molecule has 0 radical (unpaired) electrons. The number of carbonyl (C=O) groups excluding carboxylic acids is 3. The summed E-state index contributed by atoms with van der Waals surface area (Å²) in [5, 5.41) is 7.54. The molecular formula is C27H31N3O3S. The molecule has 3 amide bonds. The molecule has 1 atom stereocenters. The van der Waals surface area contributed by atoms with Crippen LogP contribution in [-0.4, -0.2) is 29.8 Å². The van der Waals surface area contributed by atoms with Gasteiger partial charge in [-0.1, -0.05) is 54.1 Å². The second-order valence-corrected chi connectivity index (χ2v) is 10.2. The molecule has 1 aromatic heterocycles. The summed E-state index contributed by atoms with van der Waals surface area (Å²) < 4.78 is 0. The van der Waals surface area contributed by atoms with Crippen LogP contribution in [0.15, 0.2) is 66.0 Å². The number of aryl methyl sites for hydroxylation is 2. The van der Waals surface area contributed by atoms with Crippen molar-refractivity contribution in [1.29, 1.82) is 0 Å². The highest BCUT2D eigenvalue weighted by Gasteiger charge is 2.35. The number of thiophene rings is 1. The maximum Gasteiger partial charge on any atom is 0.261 e. The van der Waals surface area contributed by atoms with Crippen molar-refractivity contribution in [3.8, 4) is 0 Å². The number of hydrogen-bond acceptors (Lipinski definition) is 4. The largest absolute Gasteiger partial charge is 0.349 e. The van der Waals surface area contributed by atoms with Crippen molar-refractivity contribution in [2.75, 3.05) is 11.4 Å². The van der Waals surface area contributed by atoms with Gasteiger partial charge in [-0.2, -0.15) is 0 Å². The Hall–Kier alpha value is -3.45. The first-order chi connectivity index (χ1) is 16.1. The maximum atomic E-state index is 13.7. The van der Waals surface area contributed by atoms with Crippen LogP contribution in [0.2, 0.25) is 0 Å². The standard InChI is InChI=1S/C27H31N3O3S/c1-18-13-14-21(19(2)16-18)30(23(31)17-28-25(32)22-12-9-15-34-22)24(20-10-7-6-8-11-20)26(33)29-27(3,4)5/h6-16,24H,17H2,1-5H3,(H,28,32)(H,29,33)/t24-/m1/s1. The van der Waals surface area contributed by atoms with Crippen LogP contribution in [0, 0.1) is 13.8 Å². The predicted octanol–water partition coefficient (Wildman–Crippen LogP) is 4.78. The van der Waals surface area contributed by atoms with Crippen LogP contribution in [0.1, 0.15) is 53.2 Å². The predicted molar refractivity (Wildman–Crippen MR) is 137 cm³/mol. The van der Waals surface area contributed by atoms with E-state index < -0.39 is 11.6 Å². The lowest BCUT2D eigenvalue weighted by Crippen LogP contribution is -2.51. The van der Waals surface area contributed by atoms with Crippen LogP contribution in [0.5, 0.6) is 0 Å². The van der Waals surface area contributed by atoms with Crippen molar-refractivity contribution in [2.45, 2.75) is 46.2 Å². The average molecular weight is 478 g/mol. The highest BCUT2D eigenvalue weighted by molar-refractivity contribution is 7.12. The number of carbonyl (C=O) groups is 3. The number of amides is 3. The first kappa shape index (κ1) is 25.2. The Morgan fingerprint density at radius 1 is 0.971 bits per heavy atom. The molecule has 0 aliphatic rings. The molecule has 0 bridgehead atoms. The molecule has 0 aliphatic carbocycles. The van der Waals surface area contributed by atoms with Crippen LogP contribution in [0.3, 0.4) is 0 Å². The molecule has 0 spiro atoms. The van der Waals surface area contributed by atoms with Crippen molar-refractivity contribution in [3.63, 3.8) is 0 Å². The minimum atomic E-state index is -0.909. The van der Waals surface area contributed by atoms with E-state index in [0.29, 0.717) is 16.1 Å². The van der Waals surface area contributed by atoms with Gasteiger partial charge in [-0.15, -0.1) is 11.3 Å². The fourth-order valence-electron chi connectivity index (χ4n) is 3.72. The number of nitrogens with zero attached hydrogens (tertiary/aromatic N) is 1. The smallest absolute Gasteiger partial charge is 0.261 e. The second-order valence-electron chi connectivity index (χ2n) is 9.27. The molecule has 0 saturated carbocycles. The number of anilines is 1. The minimum absolute atomic E-state index is 0.240. The van der Waals surface area contributed by atoms with E-state index in [2.05, 4.69) is 10.6 Å². The normalized spacial score (nSPS) is 12.0. The van der Waals surface area contributed by atoms with E-state index >= 15 is 0 Å². The van der Waals surface area contributed by atoms with Gasteiger partial charge in [0.05, 0.1) is 11.4 Å². The lowest BCUT2D eigenvalue weighted by molar-refractivity contribution is -0.127. The molecule has 0 unspecified atom stereocenters. The minimum Gasteiger partial charge on any atom is -0.349 e. The van der Waals surface area contributed by atoms with Gasteiger partial charge >= 0.3 is 0 Å². The van der Waals surface area contributed by atoms with Crippen molar-refractivity contribution in [3.05, 3.63) is 87.6 Å². The van der Waals surface area contributed by atoms with Crippen molar-refractivity contribution in [2.24, 2.45) is 0 Å². The number of benzene rings is 2. The third-order valence-corrected chi connectivity index (χ3v) is 6.01. The van der Waals surface area contributed by atoms with Crippen LogP contribution >= 0.6 is 11.3 Å². The summed E-state index contributed by atoms with van der Waals surface area (Å²) in [5.41, 5.74) is 2.73. The van der Waals surface area contributed by atoms with Gasteiger partial charge in [-0.05, 0) is 63.3 Å². The monoisotopic (exact) mass is 477 g/mol. The fraction of sp³-hybridized carbons (Fsp3) is 0.296. The van der Waals surface area contributed by atoms with Gasteiger partial charge in [-0.3, -0.25) is 19.3 Å². The summed E-state index contributed by atoms with van der Waals surface area (Å²) in [7, 11) is 0. The highest BCUT2D eigenvalue weighted by atomic mass is 32.1. The first-order valence-corrected chi connectivity index (χ1v) is 12.0. The Labute approximate surface area is 205 Å². The zero-order valence-corrected chi connectivity index (χ0v) is 21.0. The van der Waals surface area contributed by atoms with Gasteiger partial charge in [0.1, 0.15) is 6.04 Å². The Morgan fingerprint density at radius 3 is 2.26 bits per heavy atom. The van der Waals surface area contributed by atoms with Crippen molar-refractivity contribution in [1.82, 2.24) is 10.6 Å². The Balaban J connectivity index is 2.04. The molecule has 7 heteroatoms. The summed E-state index contributed by atoms with van der Waals surface area (Å²) in [5.74, 6) is -0.995. The summed E-state index contributed by atoms with van der Waals surface area (Å²) in [4.78, 5) is 41.8. The van der Waals surface area contributed by atoms with E-state index in [0.717, 1.165) is 11.1 Å². The molecule has 34 heavy (non-hydrogen) atoms. The van der Waals surface area contributed by atoms with E-state index in [1.54, 1.807) is 17.5 Å². The highest BCUT2D eigenvalue weighted by Crippen LogP contribution is 2.31. The fourth-order valence-corrected chi connectivity index (χ4v) is 4.36. The van der Waals surface area contributed by atoms with Gasteiger partial charge in [-0.25, -0.2) is 0 Å². The maximum absolute atomic E-state index is 13.7. The number of hydrogen-bond donors (Lipinski definition) is 2. The molecule has 0 aliphatic heterocycles. The van der Waals surface area contributed by atoms with Gasteiger partial charge in [0, 0.05) is 11.2 Å². The van der Waals surface area contributed by atoms with E-state index in [1.807, 2.05) is 83.1 Å². The third kappa shape index (κ3) is 6.32. The topological polar surface area (TPSA) is 78.5 Å². The molecule has 3 rings (SSSR count). The molecule has 178 valence electrons. The van der Waals surface area contributed by atoms with Gasteiger partial charge in [0.15, 0.2) is 0 Å². The summed E-state index contributed by atoms with van der Waals surface area (Å²) in [6.45, 7) is 9.35. The SMILES string of the molecule is Cc1ccc(N(C(=O)CNC(=O)c2cccs2)[C@@H](C(=O)NC(C)(C)C)c2ccccc2)c(C)c1. The van der Waals surface area contributed by atoms with Crippen molar-refractivity contribution < 1.29 is 14.4 Å². The molecule has 1 heterocycles. The molecule has 2 N–H and O–H groups in total.